The maximum absolute atomic E-state index is 6.55. The second-order valence-electron chi connectivity index (χ2n) is 1.66. The fraction of sp³-hybridized carbons (Fsp3) is 0.250. The third-order valence-corrected chi connectivity index (χ3v) is 1.02. The molecule has 0 radical (unpaired) electrons. The molecule has 0 amide bonds. The maximum atomic E-state index is 6.55. The highest BCUT2D eigenvalue weighted by Crippen LogP contribution is 2.11. The number of rotatable bonds is 1. The van der Waals surface area contributed by atoms with Gasteiger partial charge in [-0.3, -0.25) is 4.68 Å². The molecule has 0 aliphatic rings. The van der Waals surface area contributed by atoms with Crippen LogP contribution in [0.5, 0.6) is 0 Å². The first-order valence-electron chi connectivity index (χ1n) is 2.41. The van der Waals surface area contributed by atoms with Crippen LogP contribution in [-0.4, -0.2) is 9.78 Å². The van der Waals surface area contributed by atoms with Gasteiger partial charge in [0, 0.05) is 13.1 Å². The molecular formula is C4H7N5. The molecule has 0 atom stereocenters. The van der Waals surface area contributed by atoms with Gasteiger partial charge < -0.3 is 5.73 Å². The summed E-state index contributed by atoms with van der Waals surface area (Å²) in [6.07, 6.45) is 0. The van der Waals surface area contributed by atoms with Crippen molar-refractivity contribution >= 4 is 11.6 Å². The van der Waals surface area contributed by atoms with Gasteiger partial charge in [0.05, 0.1) is 0 Å². The molecule has 0 saturated heterocycles. The van der Waals surface area contributed by atoms with E-state index in [1.54, 1.807) is 7.05 Å². The van der Waals surface area contributed by atoms with Crippen molar-refractivity contribution < 1.29 is 0 Å². The first-order valence-corrected chi connectivity index (χ1v) is 2.41. The molecule has 0 spiro atoms. The number of nitrogens with zero attached hydrogens (tertiary/aromatic N) is 3. The van der Waals surface area contributed by atoms with Gasteiger partial charge in [0.25, 0.3) is 0 Å². The van der Waals surface area contributed by atoms with E-state index in [4.69, 9.17) is 11.3 Å². The Labute approximate surface area is 52.0 Å². The Morgan fingerprint density at radius 2 is 2.56 bits per heavy atom. The van der Waals surface area contributed by atoms with Gasteiger partial charge in [-0.15, -0.1) is 10.2 Å². The standard InChI is InChI=1S/C4H7N5/c1-9-3(5)2-4(7-6)8-9/h2,6H,5H2,1H3. The van der Waals surface area contributed by atoms with Crippen molar-refractivity contribution in [3.8, 4) is 0 Å². The second-order valence-corrected chi connectivity index (χ2v) is 1.66. The molecule has 1 aromatic rings. The highest BCUT2D eigenvalue weighted by Gasteiger charge is 1.96. The Hall–Kier alpha value is -1.39. The van der Waals surface area contributed by atoms with Crippen molar-refractivity contribution in [3.63, 3.8) is 0 Å². The molecule has 0 aliphatic heterocycles. The van der Waals surface area contributed by atoms with Crippen LogP contribution in [0.4, 0.5) is 11.6 Å². The summed E-state index contributed by atoms with van der Waals surface area (Å²) in [5.41, 5.74) is 11.9. The fourth-order valence-electron chi connectivity index (χ4n) is 0.521. The van der Waals surface area contributed by atoms with Crippen molar-refractivity contribution in [3.05, 3.63) is 6.07 Å². The normalized spacial score (nSPS) is 9.44. The van der Waals surface area contributed by atoms with Crippen LogP contribution in [0.1, 0.15) is 0 Å². The zero-order chi connectivity index (χ0) is 6.85. The number of nitrogens with two attached hydrogens (primary N) is 1. The average molecular weight is 125 g/mol. The van der Waals surface area contributed by atoms with Crippen LogP contribution in [-0.2, 0) is 7.05 Å². The van der Waals surface area contributed by atoms with Crippen molar-refractivity contribution in [1.29, 1.82) is 5.53 Å². The molecule has 3 N–H and O–H groups in total. The van der Waals surface area contributed by atoms with Crippen LogP contribution in [0.2, 0.25) is 0 Å². The Morgan fingerprint density at radius 3 is 2.78 bits per heavy atom. The minimum atomic E-state index is 0.343. The lowest BCUT2D eigenvalue weighted by molar-refractivity contribution is 0.775. The third-order valence-electron chi connectivity index (χ3n) is 1.02. The first-order chi connectivity index (χ1) is 4.24. The van der Waals surface area contributed by atoms with Gasteiger partial charge in [0.15, 0.2) is 5.82 Å². The molecule has 1 rings (SSSR count). The summed E-state index contributed by atoms with van der Waals surface area (Å²) in [5.74, 6) is 0.857. The molecule has 0 unspecified atom stereocenters. The molecule has 1 heterocycles. The number of hydrogen-bond acceptors (Lipinski definition) is 4. The topological polar surface area (TPSA) is 80.0 Å². The van der Waals surface area contributed by atoms with Gasteiger partial charge >= 0.3 is 0 Å². The van der Waals surface area contributed by atoms with Crippen LogP contribution in [0, 0.1) is 5.53 Å². The van der Waals surface area contributed by atoms with Crippen LogP contribution in [0.25, 0.3) is 0 Å². The van der Waals surface area contributed by atoms with Gasteiger partial charge in [-0.05, 0) is 0 Å². The number of hydrogen-bond donors (Lipinski definition) is 2. The first kappa shape index (κ1) is 5.74. The smallest absolute Gasteiger partial charge is 0.197 e. The third kappa shape index (κ3) is 0.883. The van der Waals surface area contributed by atoms with Gasteiger partial charge in [0.1, 0.15) is 5.82 Å². The SMILES string of the molecule is Cn1nc(N=N)cc1N. The minimum Gasteiger partial charge on any atom is -0.384 e. The van der Waals surface area contributed by atoms with Crippen molar-refractivity contribution in [2.45, 2.75) is 0 Å². The van der Waals surface area contributed by atoms with Gasteiger partial charge in [0.2, 0.25) is 0 Å². The molecule has 48 valence electrons. The molecule has 5 nitrogen and oxygen atoms in total. The molecule has 9 heavy (non-hydrogen) atoms. The lowest BCUT2D eigenvalue weighted by Gasteiger charge is -1.87. The summed E-state index contributed by atoms with van der Waals surface area (Å²) in [5, 5.41) is 6.86. The maximum Gasteiger partial charge on any atom is 0.197 e. The van der Waals surface area contributed by atoms with Crippen LogP contribution in [0.15, 0.2) is 11.2 Å². The summed E-state index contributed by atoms with van der Waals surface area (Å²) >= 11 is 0. The molecule has 0 bridgehead atoms. The molecule has 5 heteroatoms. The largest absolute Gasteiger partial charge is 0.384 e. The summed E-state index contributed by atoms with van der Waals surface area (Å²) in [6.45, 7) is 0. The lowest BCUT2D eigenvalue weighted by atomic mass is 10.6. The van der Waals surface area contributed by atoms with Crippen LogP contribution >= 0.6 is 0 Å². The number of nitrogens with one attached hydrogen (secondary N) is 1. The average Bonchev–Trinajstić information content (AvgIpc) is 2.13. The fourth-order valence-corrected chi connectivity index (χ4v) is 0.521. The molecular weight excluding hydrogens is 118 g/mol. The molecule has 1 aromatic heterocycles. The van der Waals surface area contributed by atoms with E-state index in [0.29, 0.717) is 11.6 Å². The van der Waals surface area contributed by atoms with E-state index in [9.17, 15) is 0 Å². The van der Waals surface area contributed by atoms with Gasteiger partial charge in [-0.25, -0.2) is 5.53 Å². The van der Waals surface area contributed by atoms with E-state index in [-0.39, 0.29) is 0 Å². The number of anilines is 1. The molecule has 0 aliphatic carbocycles. The summed E-state index contributed by atoms with van der Waals surface area (Å²) in [4.78, 5) is 0. The zero-order valence-electron chi connectivity index (χ0n) is 5.00. The Kier molecular flexibility index (Phi) is 1.18. The number of aryl methyl sites for hydroxylation is 1. The van der Waals surface area contributed by atoms with E-state index < -0.39 is 0 Å². The van der Waals surface area contributed by atoms with Crippen LogP contribution in [0.3, 0.4) is 0 Å². The molecule has 0 saturated carbocycles. The second kappa shape index (κ2) is 1.85. The van der Waals surface area contributed by atoms with Crippen LogP contribution < -0.4 is 5.73 Å². The lowest BCUT2D eigenvalue weighted by Crippen LogP contribution is -1.96. The Balaban J connectivity index is 3.11. The van der Waals surface area contributed by atoms with Crippen molar-refractivity contribution in [2.24, 2.45) is 12.2 Å². The predicted molar refractivity (Wildman–Crippen MR) is 32.4 cm³/mol. The Bertz CT molecular complexity index is 205. The van der Waals surface area contributed by atoms with E-state index >= 15 is 0 Å². The van der Waals surface area contributed by atoms with Crippen molar-refractivity contribution in [1.82, 2.24) is 9.78 Å². The van der Waals surface area contributed by atoms with Gasteiger partial charge in [-0.2, -0.15) is 0 Å². The molecule has 0 aromatic carbocycles. The minimum absolute atomic E-state index is 0.343. The summed E-state index contributed by atoms with van der Waals surface area (Å²) in [6, 6.07) is 1.53. The van der Waals surface area contributed by atoms with E-state index in [1.165, 1.54) is 10.7 Å². The molecule has 0 fully saturated rings. The number of aromatic nitrogens is 2. The summed E-state index contributed by atoms with van der Waals surface area (Å²) < 4.78 is 1.47. The quantitative estimate of drug-likeness (QED) is 0.541. The Morgan fingerprint density at radius 1 is 1.89 bits per heavy atom. The highest BCUT2D eigenvalue weighted by molar-refractivity contribution is 5.40. The highest BCUT2D eigenvalue weighted by atomic mass is 15.3. The zero-order valence-corrected chi connectivity index (χ0v) is 5.00. The van der Waals surface area contributed by atoms with E-state index in [1.807, 2.05) is 0 Å². The van der Waals surface area contributed by atoms with Gasteiger partial charge in [-0.1, -0.05) is 0 Å². The van der Waals surface area contributed by atoms with E-state index in [0.717, 1.165) is 0 Å². The van der Waals surface area contributed by atoms with Crippen molar-refractivity contribution in [2.75, 3.05) is 5.73 Å². The monoisotopic (exact) mass is 125 g/mol. The van der Waals surface area contributed by atoms with E-state index in [2.05, 4.69) is 10.2 Å². The predicted octanol–water partition coefficient (Wildman–Crippen LogP) is 0.665. The summed E-state index contributed by atoms with van der Waals surface area (Å²) in [7, 11) is 1.70. The number of nitrogen functional groups attached to an aromatic ring is 1.